The summed E-state index contributed by atoms with van der Waals surface area (Å²) in [5.74, 6) is 0.477. The number of fused-ring (bicyclic) bond motifs is 1. The normalized spacial score (nSPS) is 20.1. The Balaban J connectivity index is 1.72. The van der Waals surface area contributed by atoms with E-state index in [1.165, 1.54) is 50.7 Å². The van der Waals surface area contributed by atoms with Crippen molar-refractivity contribution in [2.45, 2.75) is 83.3 Å². The molecule has 23 heavy (non-hydrogen) atoms. The van der Waals surface area contributed by atoms with Crippen molar-refractivity contribution in [1.29, 1.82) is 0 Å². The quantitative estimate of drug-likeness (QED) is 0.593. The molecule has 1 aliphatic rings. The van der Waals surface area contributed by atoms with Gasteiger partial charge in [-0.3, -0.25) is 0 Å². The molecule has 0 aliphatic carbocycles. The molecule has 1 aromatic carbocycles. The Morgan fingerprint density at radius 1 is 1.00 bits per heavy atom. The highest BCUT2D eigenvalue weighted by atomic mass is 16.5. The first-order valence-corrected chi connectivity index (χ1v) is 9.01. The van der Waals surface area contributed by atoms with Crippen LogP contribution < -0.4 is 4.74 Å². The molecule has 2 atom stereocenters. The number of aliphatic hydroxyl groups excluding tert-OH is 1. The van der Waals surface area contributed by atoms with E-state index in [9.17, 15) is 15.3 Å². The summed E-state index contributed by atoms with van der Waals surface area (Å²) in [5, 5.41) is 29.6. The molecule has 0 amide bonds. The van der Waals surface area contributed by atoms with Gasteiger partial charge in [-0.15, -0.1) is 0 Å². The first-order valence-electron chi connectivity index (χ1n) is 9.01. The van der Waals surface area contributed by atoms with Crippen molar-refractivity contribution < 1.29 is 20.1 Å². The van der Waals surface area contributed by atoms with Crippen LogP contribution in [0.4, 0.5) is 0 Å². The fraction of sp³-hybridized carbons (Fsp3) is 0.684. The number of unbranched alkanes of at least 4 members (excludes halogenated alkanes) is 7. The van der Waals surface area contributed by atoms with E-state index in [2.05, 4.69) is 6.92 Å². The monoisotopic (exact) mass is 322 g/mol. The minimum absolute atomic E-state index is 0.00965. The molecule has 0 bridgehead atoms. The Morgan fingerprint density at radius 3 is 2.35 bits per heavy atom. The number of rotatable bonds is 9. The lowest BCUT2D eigenvalue weighted by Gasteiger charge is -2.31. The Hall–Kier alpha value is -1.42. The van der Waals surface area contributed by atoms with Crippen LogP contribution in [-0.4, -0.2) is 27.5 Å². The molecule has 1 aliphatic heterocycles. The van der Waals surface area contributed by atoms with Crippen molar-refractivity contribution in [1.82, 2.24) is 0 Å². The summed E-state index contributed by atoms with van der Waals surface area (Å²) < 4.78 is 5.80. The lowest BCUT2D eigenvalue weighted by molar-refractivity contribution is 0.0149. The average molecular weight is 322 g/mol. The van der Waals surface area contributed by atoms with E-state index in [0.717, 1.165) is 19.3 Å². The third-order valence-electron chi connectivity index (χ3n) is 4.63. The lowest BCUT2D eigenvalue weighted by atomic mass is 9.95. The van der Waals surface area contributed by atoms with E-state index < -0.39 is 6.10 Å². The van der Waals surface area contributed by atoms with E-state index in [-0.39, 0.29) is 17.6 Å². The summed E-state index contributed by atoms with van der Waals surface area (Å²) in [6.07, 6.45) is 10.4. The van der Waals surface area contributed by atoms with Crippen molar-refractivity contribution in [2.75, 3.05) is 0 Å². The molecule has 2 rings (SSSR count). The van der Waals surface area contributed by atoms with Gasteiger partial charge in [-0.25, -0.2) is 0 Å². The second-order valence-corrected chi connectivity index (χ2v) is 6.63. The number of aromatic hydroxyl groups is 2. The van der Waals surface area contributed by atoms with Gasteiger partial charge in [0.05, 0.1) is 6.10 Å². The highest BCUT2D eigenvalue weighted by molar-refractivity contribution is 5.50. The number of phenolic OH excluding ortho intramolecular Hbond substituents is 2. The van der Waals surface area contributed by atoms with Gasteiger partial charge in [0.15, 0.2) is 0 Å². The van der Waals surface area contributed by atoms with Crippen LogP contribution in [-0.2, 0) is 6.42 Å². The number of hydrogen-bond donors (Lipinski definition) is 3. The molecular formula is C19H30O4. The molecule has 4 nitrogen and oxygen atoms in total. The Labute approximate surface area is 139 Å². The molecule has 130 valence electrons. The lowest BCUT2D eigenvalue weighted by Crippen LogP contribution is -2.37. The maximum absolute atomic E-state index is 10.2. The zero-order valence-electron chi connectivity index (χ0n) is 14.1. The van der Waals surface area contributed by atoms with Gasteiger partial charge in [0.1, 0.15) is 23.4 Å². The molecular weight excluding hydrogens is 292 g/mol. The summed E-state index contributed by atoms with van der Waals surface area (Å²) in [4.78, 5) is 0. The molecule has 0 fully saturated rings. The molecule has 0 aromatic heterocycles. The van der Waals surface area contributed by atoms with Crippen molar-refractivity contribution in [3.05, 3.63) is 17.7 Å². The number of ether oxygens (including phenoxy) is 1. The molecule has 2 unspecified atom stereocenters. The topological polar surface area (TPSA) is 69.9 Å². The van der Waals surface area contributed by atoms with Crippen molar-refractivity contribution in [2.24, 2.45) is 0 Å². The zero-order chi connectivity index (χ0) is 16.7. The van der Waals surface area contributed by atoms with Gasteiger partial charge in [-0.1, -0.05) is 51.9 Å². The van der Waals surface area contributed by atoms with E-state index in [0.29, 0.717) is 17.7 Å². The fourth-order valence-electron chi connectivity index (χ4n) is 3.24. The van der Waals surface area contributed by atoms with Gasteiger partial charge in [0.25, 0.3) is 0 Å². The number of phenols is 2. The molecule has 0 spiro atoms. The smallest absolute Gasteiger partial charge is 0.130 e. The van der Waals surface area contributed by atoms with Crippen LogP contribution in [0.15, 0.2) is 12.1 Å². The van der Waals surface area contributed by atoms with Crippen LogP contribution in [0, 0.1) is 0 Å². The summed E-state index contributed by atoms with van der Waals surface area (Å²) in [5.41, 5.74) is 0.586. The molecule has 1 aromatic rings. The maximum Gasteiger partial charge on any atom is 0.130 e. The van der Waals surface area contributed by atoms with E-state index in [1.54, 1.807) is 0 Å². The second-order valence-electron chi connectivity index (χ2n) is 6.63. The highest BCUT2D eigenvalue weighted by Gasteiger charge is 2.30. The van der Waals surface area contributed by atoms with Gasteiger partial charge in [0.2, 0.25) is 0 Å². The maximum atomic E-state index is 10.2. The Kier molecular flexibility index (Phi) is 7.03. The number of aliphatic hydroxyl groups is 1. The SMILES string of the molecule is CCCCCCCCCCC1Oc2cc(O)cc(O)c2CC1O. The summed E-state index contributed by atoms with van der Waals surface area (Å²) in [7, 11) is 0. The van der Waals surface area contributed by atoms with Crippen molar-refractivity contribution >= 4 is 0 Å². The van der Waals surface area contributed by atoms with Crippen LogP contribution in [0.5, 0.6) is 17.2 Å². The van der Waals surface area contributed by atoms with Crippen LogP contribution in [0.3, 0.4) is 0 Å². The second kappa shape index (κ2) is 9.02. The summed E-state index contributed by atoms with van der Waals surface area (Å²) in [6, 6.07) is 2.80. The van der Waals surface area contributed by atoms with Gasteiger partial charge in [-0.2, -0.15) is 0 Å². The first kappa shape index (κ1) is 17.9. The molecule has 1 heterocycles. The minimum atomic E-state index is -0.595. The number of hydrogen-bond acceptors (Lipinski definition) is 4. The molecule has 3 N–H and O–H groups in total. The first-order chi connectivity index (χ1) is 11.1. The average Bonchev–Trinajstić information content (AvgIpc) is 2.51. The summed E-state index contributed by atoms with van der Waals surface area (Å²) >= 11 is 0. The van der Waals surface area contributed by atoms with Crippen LogP contribution in [0.1, 0.15) is 70.3 Å². The van der Waals surface area contributed by atoms with E-state index in [1.807, 2.05) is 0 Å². The summed E-state index contributed by atoms with van der Waals surface area (Å²) in [6.45, 7) is 2.23. The van der Waals surface area contributed by atoms with Gasteiger partial charge in [-0.05, 0) is 12.8 Å². The highest BCUT2D eigenvalue weighted by Crippen LogP contribution is 2.38. The van der Waals surface area contributed by atoms with Gasteiger partial charge in [0, 0.05) is 24.1 Å². The molecule has 4 heteroatoms. The molecule has 0 saturated heterocycles. The molecule has 0 radical (unpaired) electrons. The van der Waals surface area contributed by atoms with Crippen LogP contribution in [0.25, 0.3) is 0 Å². The van der Waals surface area contributed by atoms with Crippen molar-refractivity contribution in [3.63, 3.8) is 0 Å². The van der Waals surface area contributed by atoms with Gasteiger partial charge < -0.3 is 20.1 Å². The van der Waals surface area contributed by atoms with Crippen molar-refractivity contribution in [3.8, 4) is 17.2 Å². The predicted octanol–water partition coefficient (Wildman–Crippen LogP) is 4.29. The van der Waals surface area contributed by atoms with Crippen LogP contribution >= 0.6 is 0 Å². The Bertz CT molecular complexity index is 487. The van der Waals surface area contributed by atoms with Crippen LogP contribution in [0.2, 0.25) is 0 Å². The van der Waals surface area contributed by atoms with Gasteiger partial charge >= 0.3 is 0 Å². The largest absolute Gasteiger partial charge is 0.508 e. The predicted molar refractivity (Wildman–Crippen MR) is 91.1 cm³/mol. The fourth-order valence-corrected chi connectivity index (χ4v) is 3.24. The third-order valence-corrected chi connectivity index (χ3v) is 4.63. The van der Waals surface area contributed by atoms with E-state index >= 15 is 0 Å². The third kappa shape index (κ3) is 5.31. The number of benzene rings is 1. The minimum Gasteiger partial charge on any atom is -0.508 e. The zero-order valence-corrected chi connectivity index (χ0v) is 14.1. The van der Waals surface area contributed by atoms with E-state index in [4.69, 9.17) is 4.74 Å². The standard InChI is InChI=1S/C19H30O4/c1-2-3-4-5-6-7-8-9-10-18-17(22)13-15-16(21)11-14(20)12-19(15)23-18/h11-12,17-18,20-22H,2-10,13H2,1H3. The molecule has 0 saturated carbocycles. The Morgan fingerprint density at radius 2 is 1.65 bits per heavy atom.